The van der Waals surface area contributed by atoms with Gasteiger partial charge in [0.1, 0.15) is 0 Å². The van der Waals surface area contributed by atoms with Crippen molar-refractivity contribution in [2.75, 3.05) is 5.75 Å². The van der Waals surface area contributed by atoms with E-state index in [1.807, 2.05) is 6.92 Å². The fourth-order valence-electron chi connectivity index (χ4n) is 0.830. The molecule has 0 aliphatic carbocycles. The zero-order valence-electron chi connectivity index (χ0n) is 7.70. The molecule has 4 nitrogen and oxygen atoms in total. The summed E-state index contributed by atoms with van der Waals surface area (Å²) in [6, 6.07) is 1.58. The van der Waals surface area contributed by atoms with Crippen LogP contribution >= 0.6 is 11.8 Å². The minimum atomic E-state index is -0.111. The van der Waals surface area contributed by atoms with Crippen LogP contribution in [0.4, 0.5) is 0 Å². The van der Waals surface area contributed by atoms with Crippen molar-refractivity contribution in [2.24, 2.45) is 5.73 Å². The molecule has 1 atom stereocenters. The van der Waals surface area contributed by atoms with Crippen molar-refractivity contribution in [3.63, 3.8) is 0 Å². The molecule has 0 unspecified atom stereocenters. The molecule has 0 radical (unpaired) electrons. The highest BCUT2D eigenvalue weighted by Crippen LogP contribution is 2.11. The van der Waals surface area contributed by atoms with Crippen LogP contribution in [-0.2, 0) is 0 Å². The summed E-state index contributed by atoms with van der Waals surface area (Å²) < 4.78 is 0. The van der Waals surface area contributed by atoms with Crippen LogP contribution < -0.4 is 11.3 Å². The highest BCUT2D eigenvalue weighted by molar-refractivity contribution is 7.99. The van der Waals surface area contributed by atoms with Gasteiger partial charge in [-0.1, -0.05) is 11.8 Å². The van der Waals surface area contributed by atoms with Crippen LogP contribution in [0.1, 0.15) is 12.6 Å². The van der Waals surface area contributed by atoms with E-state index in [1.165, 1.54) is 17.8 Å². The summed E-state index contributed by atoms with van der Waals surface area (Å²) in [4.78, 5) is 17.8. The van der Waals surface area contributed by atoms with Crippen LogP contribution in [0.25, 0.3) is 0 Å². The average molecular weight is 199 g/mol. The summed E-state index contributed by atoms with van der Waals surface area (Å²) in [5.74, 6) is 0.756. The fourth-order valence-corrected chi connectivity index (χ4v) is 1.63. The third-order valence-electron chi connectivity index (χ3n) is 1.33. The number of nitrogens with zero attached hydrogens (tertiary/aromatic N) is 1. The van der Waals surface area contributed by atoms with Gasteiger partial charge in [0.25, 0.3) is 5.56 Å². The number of aryl methyl sites for hydroxylation is 1. The predicted octanol–water partition coefficient (Wildman–Crippen LogP) is 0.518. The van der Waals surface area contributed by atoms with E-state index in [0.717, 1.165) is 11.4 Å². The number of rotatable bonds is 3. The molecule has 1 aromatic heterocycles. The number of thioether (sulfide) groups is 1. The number of nitrogens with one attached hydrogen (secondary N) is 1. The molecule has 0 aliphatic rings. The van der Waals surface area contributed by atoms with Gasteiger partial charge in [0.15, 0.2) is 5.16 Å². The molecule has 0 fully saturated rings. The van der Waals surface area contributed by atoms with E-state index in [1.54, 1.807) is 6.92 Å². The standard InChI is InChI=1S/C8H13N3OS/c1-5(9)4-13-8-10-6(2)3-7(12)11-8/h3,5H,4,9H2,1-2H3,(H,10,11,12)/t5-/m1/s1. The Hall–Kier alpha value is -0.810. The Bertz CT molecular complexity index is 334. The lowest BCUT2D eigenvalue weighted by molar-refractivity contribution is 0.837. The summed E-state index contributed by atoms with van der Waals surface area (Å²) >= 11 is 1.47. The smallest absolute Gasteiger partial charge is 0.251 e. The van der Waals surface area contributed by atoms with Crippen molar-refractivity contribution in [3.05, 3.63) is 22.1 Å². The second kappa shape index (κ2) is 4.43. The highest BCUT2D eigenvalue weighted by Gasteiger charge is 2.00. The van der Waals surface area contributed by atoms with E-state index in [0.29, 0.717) is 5.16 Å². The first-order chi connectivity index (χ1) is 6.08. The summed E-state index contributed by atoms with van der Waals surface area (Å²) in [5, 5.41) is 0.641. The van der Waals surface area contributed by atoms with E-state index in [4.69, 9.17) is 5.73 Å². The number of hydrogen-bond donors (Lipinski definition) is 2. The zero-order valence-corrected chi connectivity index (χ0v) is 8.52. The van der Waals surface area contributed by atoms with Crippen LogP contribution in [0.3, 0.4) is 0 Å². The van der Waals surface area contributed by atoms with E-state index < -0.39 is 0 Å². The maximum atomic E-state index is 11.0. The molecule has 1 aromatic rings. The highest BCUT2D eigenvalue weighted by atomic mass is 32.2. The average Bonchev–Trinajstić information content (AvgIpc) is 1.99. The van der Waals surface area contributed by atoms with Gasteiger partial charge in [-0.15, -0.1) is 0 Å². The second-order valence-corrected chi connectivity index (χ2v) is 3.99. The summed E-state index contributed by atoms with van der Waals surface area (Å²) in [6.45, 7) is 3.71. The van der Waals surface area contributed by atoms with Gasteiger partial charge in [-0.05, 0) is 13.8 Å². The minimum Gasteiger partial charge on any atom is -0.327 e. The molecule has 1 heterocycles. The number of hydrogen-bond acceptors (Lipinski definition) is 4. The molecule has 1 rings (SSSR count). The lowest BCUT2D eigenvalue weighted by Gasteiger charge is -2.03. The Morgan fingerprint density at radius 1 is 1.77 bits per heavy atom. The number of aromatic nitrogens is 2. The predicted molar refractivity (Wildman–Crippen MR) is 54.0 cm³/mol. The minimum absolute atomic E-state index is 0.107. The first kappa shape index (κ1) is 10.3. The molecule has 72 valence electrons. The topological polar surface area (TPSA) is 71.8 Å². The quantitative estimate of drug-likeness (QED) is 0.550. The molecule has 3 N–H and O–H groups in total. The Kier molecular flexibility index (Phi) is 3.50. The van der Waals surface area contributed by atoms with Crippen molar-refractivity contribution in [2.45, 2.75) is 25.0 Å². The SMILES string of the molecule is Cc1cc(=O)[nH]c(SC[C@@H](C)N)n1. The number of aromatic amines is 1. The summed E-state index contributed by atoms with van der Waals surface area (Å²) in [5.41, 5.74) is 6.20. The van der Waals surface area contributed by atoms with Crippen molar-refractivity contribution < 1.29 is 0 Å². The molecular formula is C8H13N3OS. The van der Waals surface area contributed by atoms with E-state index in [-0.39, 0.29) is 11.6 Å². The van der Waals surface area contributed by atoms with Crippen molar-refractivity contribution in [1.82, 2.24) is 9.97 Å². The first-order valence-corrected chi connectivity index (χ1v) is 5.03. The third kappa shape index (κ3) is 3.61. The van der Waals surface area contributed by atoms with Gasteiger partial charge in [-0.2, -0.15) is 0 Å². The molecule has 0 aliphatic heterocycles. The van der Waals surface area contributed by atoms with Gasteiger partial charge in [-0.25, -0.2) is 4.98 Å². The Morgan fingerprint density at radius 2 is 2.46 bits per heavy atom. The third-order valence-corrected chi connectivity index (χ3v) is 2.49. The largest absolute Gasteiger partial charge is 0.327 e. The van der Waals surface area contributed by atoms with Crippen molar-refractivity contribution in [1.29, 1.82) is 0 Å². The normalized spacial score (nSPS) is 12.8. The maximum Gasteiger partial charge on any atom is 0.251 e. The maximum absolute atomic E-state index is 11.0. The molecule has 0 aromatic carbocycles. The Labute approximate surface area is 81.0 Å². The van der Waals surface area contributed by atoms with E-state index >= 15 is 0 Å². The zero-order chi connectivity index (χ0) is 9.84. The molecule has 0 amide bonds. The lowest BCUT2D eigenvalue weighted by Crippen LogP contribution is -2.18. The first-order valence-electron chi connectivity index (χ1n) is 4.04. The van der Waals surface area contributed by atoms with Gasteiger partial charge in [-0.3, -0.25) is 4.79 Å². The second-order valence-electron chi connectivity index (χ2n) is 2.98. The van der Waals surface area contributed by atoms with E-state index in [9.17, 15) is 4.79 Å². The van der Waals surface area contributed by atoms with Gasteiger partial charge < -0.3 is 10.7 Å². The van der Waals surface area contributed by atoms with Crippen LogP contribution in [-0.4, -0.2) is 21.8 Å². The van der Waals surface area contributed by atoms with Crippen molar-refractivity contribution >= 4 is 11.8 Å². The fraction of sp³-hybridized carbons (Fsp3) is 0.500. The molecule has 0 saturated carbocycles. The molecular weight excluding hydrogens is 186 g/mol. The summed E-state index contributed by atoms with van der Waals surface area (Å²) in [7, 11) is 0. The van der Waals surface area contributed by atoms with E-state index in [2.05, 4.69) is 9.97 Å². The number of H-pyrrole nitrogens is 1. The Morgan fingerprint density at radius 3 is 3.00 bits per heavy atom. The molecule has 0 spiro atoms. The van der Waals surface area contributed by atoms with Crippen molar-refractivity contribution in [3.8, 4) is 0 Å². The summed E-state index contributed by atoms with van der Waals surface area (Å²) in [6.07, 6.45) is 0. The van der Waals surface area contributed by atoms with Gasteiger partial charge in [0.2, 0.25) is 0 Å². The van der Waals surface area contributed by atoms with Gasteiger partial charge in [0, 0.05) is 23.6 Å². The molecule has 5 heteroatoms. The molecule has 0 saturated heterocycles. The lowest BCUT2D eigenvalue weighted by atomic mass is 10.4. The van der Waals surface area contributed by atoms with Gasteiger partial charge in [0.05, 0.1) is 0 Å². The monoisotopic (exact) mass is 199 g/mol. The van der Waals surface area contributed by atoms with Crippen LogP contribution in [0.2, 0.25) is 0 Å². The molecule has 13 heavy (non-hydrogen) atoms. The number of nitrogens with two attached hydrogens (primary N) is 1. The molecule has 0 bridgehead atoms. The van der Waals surface area contributed by atoms with Crippen LogP contribution in [0, 0.1) is 6.92 Å². The van der Waals surface area contributed by atoms with Crippen LogP contribution in [0.15, 0.2) is 16.0 Å². The van der Waals surface area contributed by atoms with Crippen LogP contribution in [0.5, 0.6) is 0 Å². The van der Waals surface area contributed by atoms with Gasteiger partial charge >= 0.3 is 0 Å². The Balaban J connectivity index is 2.72.